The molecule has 0 unspecified atom stereocenters. The predicted octanol–water partition coefficient (Wildman–Crippen LogP) is 5.62. The highest BCUT2D eigenvalue weighted by Crippen LogP contribution is 2.36. The molecule has 0 radical (unpaired) electrons. The Kier molecular flexibility index (Phi) is 4.71. The van der Waals surface area contributed by atoms with E-state index in [1.807, 2.05) is 18.2 Å². The van der Waals surface area contributed by atoms with E-state index in [9.17, 15) is 4.79 Å². The minimum Gasteiger partial charge on any atom is -0.481 e. The molecular formula is C21H14Cl2N2O3. The van der Waals surface area contributed by atoms with Gasteiger partial charge in [-0.3, -0.25) is 4.79 Å². The molecule has 0 saturated carbocycles. The van der Waals surface area contributed by atoms with Crippen molar-refractivity contribution < 1.29 is 13.9 Å². The van der Waals surface area contributed by atoms with E-state index in [1.54, 1.807) is 37.6 Å². The van der Waals surface area contributed by atoms with Crippen LogP contribution in [0.5, 0.6) is 5.88 Å². The number of ketones is 1. The van der Waals surface area contributed by atoms with Gasteiger partial charge < -0.3 is 14.9 Å². The van der Waals surface area contributed by atoms with Crippen molar-refractivity contribution >= 4 is 45.6 Å². The fourth-order valence-corrected chi connectivity index (χ4v) is 3.52. The third kappa shape index (κ3) is 3.09. The van der Waals surface area contributed by atoms with Gasteiger partial charge in [-0.1, -0.05) is 29.3 Å². The minimum atomic E-state index is -0.407. The van der Waals surface area contributed by atoms with Crippen LogP contribution in [0.2, 0.25) is 10.0 Å². The van der Waals surface area contributed by atoms with Crippen molar-refractivity contribution in [3.05, 3.63) is 76.1 Å². The number of carbonyl (C=O) groups excluding carboxylic acids is 1. The van der Waals surface area contributed by atoms with Crippen molar-refractivity contribution in [1.29, 1.82) is 0 Å². The Balaban J connectivity index is 1.82. The Morgan fingerprint density at radius 3 is 2.71 bits per heavy atom. The van der Waals surface area contributed by atoms with Gasteiger partial charge in [0.05, 0.1) is 17.8 Å². The first-order valence-electron chi connectivity index (χ1n) is 8.30. The fraction of sp³-hybridized carbons (Fsp3) is 0.0476. The lowest BCUT2D eigenvalue weighted by Crippen LogP contribution is -2.03. The number of benzene rings is 2. The van der Waals surface area contributed by atoms with Crippen molar-refractivity contribution in [3.8, 4) is 17.0 Å². The number of pyridine rings is 1. The average molecular weight is 413 g/mol. The fourth-order valence-electron chi connectivity index (χ4n) is 3.02. The van der Waals surface area contributed by atoms with Crippen LogP contribution in [0.15, 0.2) is 59.1 Å². The average Bonchev–Trinajstić information content (AvgIpc) is 3.03. The number of aromatic nitrogens is 1. The molecule has 0 spiro atoms. The van der Waals surface area contributed by atoms with E-state index in [-0.39, 0.29) is 22.0 Å². The molecule has 0 aliphatic carbocycles. The number of hydrogen-bond donors (Lipinski definition) is 1. The standard InChI is InChI=1S/C21H14Cl2N2O3/c1-27-21-13(3-2-8-25-21)11-4-6-15-17(9-11)28-20(18(15)24)19(26)14-7-5-12(22)10-16(14)23/h2-10H,24H2,1H3. The van der Waals surface area contributed by atoms with Crippen LogP contribution in [-0.4, -0.2) is 17.9 Å². The molecule has 4 aromatic rings. The third-order valence-electron chi connectivity index (χ3n) is 4.39. The topological polar surface area (TPSA) is 78.4 Å². The molecule has 4 rings (SSSR count). The zero-order valence-electron chi connectivity index (χ0n) is 14.7. The van der Waals surface area contributed by atoms with E-state index in [0.717, 1.165) is 11.1 Å². The maximum absolute atomic E-state index is 12.9. The highest BCUT2D eigenvalue weighted by molar-refractivity contribution is 6.37. The molecule has 0 bridgehead atoms. The number of fused-ring (bicyclic) bond motifs is 1. The number of hydrogen-bond acceptors (Lipinski definition) is 5. The Labute approximate surface area is 170 Å². The molecule has 140 valence electrons. The first-order valence-corrected chi connectivity index (χ1v) is 9.06. The second kappa shape index (κ2) is 7.19. The summed E-state index contributed by atoms with van der Waals surface area (Å²) in [6.07, 6.45) is 1.65. The molecule has 0 amide bonds. The van der Waals surface area contributed by atoms with Gasteiger partial charge in [0.15, 0.2) is 5.76 Å². The molecule has 0 atom stereocenters. The van der Waals surface area contributed by atoms with Crippen LogP contribution in [0.3, 0.4) is 0 Å². The summed E-state index contributed by atoms with van der Waals surface area (Å²) in [7, 11) is 1.56. The minimum absolute atomic E-state index is 0.0366. The monoisotopic (exact) mass is 412 g/mol. The molecule has 0 aliphatic rings. The molecular weight excluding hydrogens is 399 g/mol. The maximum Gasteiger partial charge on any atom is 0.231 e. The highest BCUT2D eigenvalue weighted by atomic mass is 35.5. The van der Waals surface area contributed by atoms with Crippen molar-refractivity contribution in [2.75, 3.05) is 12.8 Å². The number of nitrogens with zero attached hydrogens (tertiary/aromatic N) is 1. The zero-order valence-corrected chi connectivity index (χ0v) is 16.2. The van der Waals surface area contributed by atoms with Gasteiger partial charge in [-0.2, -0.15) is 0 Å². The van der Waals surface area contributed by atoms with Gasteiger partial charge in [-0.25, -0.2) is 4.98 Å². The van der Waals surface area contributed by atoms with Gasteiger partial charge in [0, 0.05) is 27.7 Å². The number of rotatable bonds is 4. The zero-order chi connectivity index (χ0) is 19.8. The number of anilines is 1. The number of halogens is 2. The summed E-state index contributed by atoms with van der Waals surface area (Å²) >= 11 is 12.1. The summed E-state index contributed by atoms with van der Waals surface area (Å²) in [5.74, 6) is 0.121. The largest absolute Gasteiger partial charge is 0.481 e. The Hall–Kier alpha value is -3.02. The van der Waals surface area contributed by atoms with Crippen molar-refractivity contribution in [2.45, 2.75) is 0 Å². The lowest BCUT2D eigenvalue weighted by molar-refractivity contribution is 0.101. The Morgan fingerprint density at radius 1 is 1.14 bits per heavy atom. The van der Waals surface area contributed by atoms with E-state index in [0.29, 0.717) is 21.9 Å². The smallest absolute Gasteiger partial charge is 0.231 e. The molecule has 2 heterocycles. The SMILES string of the molecule is COc1ncccc1-c1ccc2c(N)c(C(=O)c3ccc(Cl)cc3Cl)oc2c1. The number of carbonyl (C=O) groups is 1. The lowest BCUT2D eigenvalue weighted by atomic mass is 10.0. The van der Waals surface area contributed by atoms with Crippen molar-refractivity contribution in [1.82, 2.24) is 4.98 Å². The summed E-state index contributed by atoms with van der Waals surface area (Å²) in [6, 6.07) is 13.8. The molecule has 2 aromatic heterocycles. The molecule has 0 saturated heterocycles. The summed E-state index contributed by atoms with van der Waals surface area (Å²) in [6.45, 7) is 0. The molecule has 0 fully saturated rings. The number of nitrogens with two attached hydrogens (primary N) is 1. The molecule has 2 N–H and O–H groups in total. The number of furan rings is 1. The lowest BCUT2D eigenvalue weighted by Gasteiger charge is -2.06. The summed E-state index contributed by atoms with van der Waals surface area (Å²) < 4.78 is 11.1. The van der Waals surface area contributed by atoms with E-state index in [2.05, 4.69) is 4.98 Å². The summed E-state index contributed by atoms with van der Waals surface area (Å²) in [4.78, 5) is 17.1. The third-order valence-corrected chi connectivity index (χ3v) is 4.93. The van der Waals surface area contributed by atoms with Crippen LogP contribution in [0.1, 0.15) is 16.1 Å². The number of nitrogen functional groups attached to an aromatic ring is 1. The van der Waals surface area contributed by atoms with E-state index in [1.165, 1.54) is 6.07 Å². The van der Waals surface area contributed by atoms with Crippen LogP contribution in [0.4, 0.5) is 5.69 Å². The van der Waals surface area contributed by atoms with Crippen LogP contribution in [0.25, 0.3) is 22.1 Å². The first kappa shape index (κ1) is 18.3. The van der Waals surface area contributed by atoms with Crippen LogP contribution in [-0.2, 0) is 0 Å². The van der Waals surface area contributed by atoms with Gasteiger partial charge in [0.25, 0.3) is 0 Å². The van der Waals surface area contributed by atoms with Gasteiger partial charge in [-0.15, -0.1) is 0 Å². The van der Waals surface area contributed by atoms with Crippen LogP contribution >= 0.6 is 23.2 Å². The van der Waals surface area contributed by atoms with E-state index < -0.39 is 5.78 Å². The van der Waals surface area contributed by atoms with E-state index >= 15 is 0 Å². The highest BCUT2D eigenvalue weighted by Gasteiger charge is 2.22. The predicted molar refractivity (Wildman–Crippen MR) is 110 cm³/mol. The van der Waals surface area contributed by atoms with Gasteiger partial charge >= 0.3 is 0 Å². The van der Waals surface area contributed by atoms with Gasteiger partial charge in [0.2, 0.25) is 11.7 Å². The van der Waals surface area contributed by atoms with E-state index in [4.69, 9.17) is 38.1 Å². The molecule has 28 heavy (non-hydrogen) atoms. The van der Waals surface area contributed by atoms with Crippen molar-refractivity contribution in [2.24, 2.45) is 0 Å². The van der Waals surface area contributed by atoms with Crippen molar-refractivity contribution in [3.63, 3.8) is 0 Å². The number of ether oxygens (including phenoxy) is 1. The molecule has 7 heteroatoms. The summed E-state index contributed by atoms with van der Waals surface area (Å²) in [5.41, 5.74) is 8.82. The van der Waals surface area contributed by atoms with Gasteiger partial charge in [-0.05, 0) is 48.0 Å². The molecule has 5 nitrogen and oxygen atoms in total. The second-order valence-corrected chi connectivity index (χ2v) is 6.91. The summed E-state index contributed by atoms with van der Waals surface area (Å²) in [5, 5.41) is 1.31. The second-order valence-electron chi connectivity index (χ2n) is 6.07. The van der Waals surface area contributed by atoms with Crippen LogP contribution in [0, 0.1) is 0 Å². The number of methoxy groups -OCH3 is 1. The Bertz CT molecular complexity index is 1220. The normalized spacial score (nSPS) is 11.0. The maximum atomic E-state index is 12.9. The molecule has 0 aliphatic heterocycles. The Morgan fingerprint density at radius 2 is 1.96 bits per heavy atom. The first-order chi connectivity index (χ1) is 13.5. The van der Waals surface area contributed by atoms with Crippen LogP contribution < -0.4 is 10.5 Å². The van der Waals surface area contributed by atoms with Gasteiger partial charge in [0.1, 0.15) is 5.58 Å². The quantitative estimate of drug-likeness (QED) is 0.439. The molecule has 2 aromatic carbocycles.